The van der Waals surface area contributed by atoms with Gasteiger partial charge in [0.2, 0.25) is 0 Å². The van der Waals surface area contributed by atoms with Crippen molar-refractivity contribution in [3.8, 4) is 0 Å². The highest BCUT2D eigenvalue weighted by Crippen LogP contribution is 2.26. The molecule has 1 heterocycles. The standard InChI is InChI=1S/C15H27N3/c1-3-11-16-14-8-6-4-5-7-9-15(14)18-12-10-13(2)17-18/h10,12,14-16H,3-9,11H2,1-2H3. The molecule has 1 fully saturated rings. The van der Waals surface area contributed by atoms with Crippen LogP contribution in [0, 0.1) is 6.92 Å². The molecule has 18 heavy (non-hydrogen) atoms. The van der Waals surface area contributed by atoms with E-state index < -0.39 is 0 Å². The van der Waals surface area contributed by atoms with Gasteiger partial charge in [0.25, 0.3) is 0 Å². The van der Waals surface area contributed by atoms with Gasteiger partial charge in [0.15, 0.2) is 0 Å². The lowest BCUT2D eigenvalue weighted by Gasteiger charge is -2.30. The molecule has 102 valence electrons. The molecule has 0 bridgehead atoms. The third-order valence-corrected chi connectivity index (χ3v) is 3.97. The van der Waals surface area contributed by atoms with Crippen LogP contribution in [0.25, 0.3) is 0 Å². The maximum absolute atomic E-state index is 4.64. The lowest BCUT2D eigenvalue weighted by Crippen LogP contribution is -2.39. The lowest BCUT2D eigenvalue weighted by atomic mass is 9.92. The maximum atomic E-state index is 4.64. The zero-order valence-corrected chi connectivity index (χ0v) is 11.9. The van der Waals surface area contributed by atoms with Crippen LogP contribution in [0.3, 0.4) is 0 Å². The number of hydrogen-bond acceptors (Lipinski definition) is 2. The average Bonchev–Trinajstić information content (AvgIpc) is 2.75. The molecule has 0 radical (unpaired) electrons. The van der Waals surface area contributed by atoms with E-state index in [9.17, 15) is 0 Å². The van der Waals surface area contributed by atoms with Gasteiger partial charge in [0, 0.05) is 12.2 Å². The van der Waals surface area contributed by atoms with Crippen LogP contribution in [-0.2, 0) is 0 Å². The van der Waals surface area contributed by atoms with Gasteiger partial charge in [-0.15, -0.1) is 0 Å². The molecule has 0 spiro atoms. The molecule has 0 aliphatic heterocycles. The summed E-state index contributed by atoms with van der Waals surface area (Å²) in [6.07, 6.45) is 11.4. The van der Waals surface area contributed by atoms with Gasteiger partial charge in [0.1, 0.15) is 0 Å². The Morgan fingerprint density at radius 2 is 2.06 bits per heavy atom. The highest BCUT2D eigenvalue weighted by Gasteiger charge is 2.24. The predicted octanol–water partition coefficient (Wildman–Crippen LogP) is 3.46. The second-order valence-corrected chi connectivity index (χ2v) is 5.56. The van der Waals surface area contributed by atoms with E-state index in [0.717, 1.165) is 12.2 Å². The Labute approximate surface area is 111 Å². The van der Waals surface area contributed by atoms with Crippen molar-refractivity contribution in [1.82, 2.24) is 15.1 Å². The van der Waals surface area contributed by atoms with Crippen LogP contribution in [0.5, 0.6) is 0 Å². The Morgan fingerprint density at radius 3 is 2.72 bits per heavy atom. The smallest absolute Gasteiger partial charge is 0.0672 e. The molecule has 1 aromatic rings. The van der Waals surface area contributed by atoms with Gasteiger partial charge in [-0.25, -0.2) is 0 Å². The van der Waals surface area contributed by atoms with E-state index in [2.05, 4.69) is 41.2 Å². The van der Waals surface area contributed by atoms with E-state index in [-0.39, 0.29) is 0 Å². The summed E-state index contributed by atoms with van der Waals surface area (Å²) < 4.78 is 2.20. The van der Waals surface area contributed by atoms with Crippen LogP contribution >= 0.6 is 0 Å². The van der Waals surface area contributed by atoms with Crippen LogP contribution in [-0.4, -0.2) is 22.4 Å². The van der Waals surface area contributed by atoms with E-state index in [1.54, 1.807) is 0 Å². The largest absolute Gasteiger partial charge is 0.312 e. The first-order valence-corrected chi connectivity index (χ1v) is 7.56. The Morgan fingerprint density at radius 1 is 1.28 bits per heavy atom. The Bertz CT molecular complexity index is 343. The maximum Gasteiger partial charge on any atom is 0.0672 e. The summed E-state index contributed by atoms with van der Waals surface area (Å²) in [4.78, 5) is 0. The van der Waals surface area contributed by atoms with Crippen LogP contribution in [0.4, 0.5) is 0 Å². The van der Waals surface area contributed by atoms with E-state index >= 15 is 0 Å². The van der Waals surface area contributed by atoms with E-state index in [0.29, 0.717) is 12.1 Å². The van der Waals surface area contributed by atoms with Crippen molar-refractivity contribution < 1.29 is 0 Å². The van der Waals surface area contributed by atoms with Crippen molar-refractivity contribution in [2.45, 2.75) is 70.9 Å². The van der Waals surface area contributed by atoms with Crippen LogP contribution in [0.2, 0.25) is 0 Å². The second kappa shape index (κ2) is 6.93. The topological polar surface area (TPSA) is 29.9 Å². The number of hydrogen-bond donors (Lipinski definition) is 1. The molecule has 3 nitrogen and oxygen atoms in total. The van der Waals surface area contributed by atoms with Gasteiger partial charge in [-0.1, -0.05) is 32.6 Å². The molecule has 2 rings (SSSR count). The molecule has 3 heteroatoms. The molecule has 1 N–H and O–H groups in total. The summed E-state index contributed by atoms with van der Waals surface area (Å²) in [5, 5.41) is 8.38. The van der Waals surface area contributed by atoms with Crippen molar-refractivity contribution in [2.75, 3.05) is 6.54 Å². The Kier molecular flexibility index (Phi) is 5.24. The number of rotatable bonds is 4. The highest BCUT2D eigenvalue weighted by molar-refractivity contribution is 4.97. The van der Waals surface area contributed by atoms with E-state index in [4.69, 9.17) is 0 Å². The van der Waals surface area contributed by atoms with Gasteiger partial charge >= 0.3 is 0 Å². The first-order valence-electron chi connectivity index (χ1n) is 7.56. The number of aromatic nitrogens is 2. The summed E-state index contributed by atoms with van der Waals surface area (Å²) in [5.41, 5.74) is 1.13. The minimum atomic E-state index is 0.547. The van der Waals surface area contributed by atoms with E-state index in [1.807, 2.05) is 0 Å². The van der Waals surface area contributed by atoms with Crippen LogP contribution in [0.15, 0.2) is 12.3 Å². The SMILES string of the molecule is CCCNC1CCCCCCC1n1ccc(C)n1. The van der Waals surface area contributed by atoms with Crippen molar-refractivity contribution in [2.24, 2.45) is 0 Å². The van der Waals surface area contributed by atoms with Gasteiger partial charge in [-0.2, -0.15) is 5.10 Å². The minimum absolute atomic E-state index is 0.547. The Balaban J connectivity index is 2.08. The Hall–Kier alpha value is -0.830. The van der Waals surface area contributed by atoms with Crippen molar-refractivity contribution in [3.63, 3.8) is 0 Å². The summed E-state index contributed by atoms with van der Waals surface area (Å²) in [6, 6.07) is 3.27. The number of nitrogens with zero attached hydrogens (tertiary/aromatic N) is 2. The number of aryl methyl sites for hydroxylation is 1. The summed E-state index contributed by atoms with van der Waals surface area (Å²) in [6.45, 7) is 5.44. The zero-order valence-electron chi connectivity index (χ0n) is 11.9. The van der Waals surface area contributed by atoms with Crippen molar-refractivity contribution >= 4 is 0 Å². The molecule has 0 amide bonds. The zero-order chi connectivity index (χ0) is 12.8. The summed E-state index contributed by atoms with van der Waals surface area (Å²) in [5.74, 6) is 0. The molecule has 0 saturated heterocycles. The fourth-order valence-electron chi connectivity index (χ4n) is 2.97. The van der Waals surface area contributed by atoms with Crippen molar-refractivity contribution in [1.29, 1.82) is 0 Å². The third-order valence-electron chi connectivity index (χ3n) is 3.97. The fraction of sp³-hybridized carbons (Fsp3) is 0.800. The van der Waals surface area contributed by atoms with Crippen LogP contribution < -0.4 is 5.32 Å². The molecule has 2 atom stereocenters. The molecular formula is C15H27N3. The highest BCUT2D eigenvalue weighted by atomic mass is 15.3. The molecule has 0 aromatic carbocycles. The van der Waals surface area contributed by atoms with Crippen LogP contribution in [0.1, 0.15) is 63.6 Å². The van der Waals surface area contributed by atoms with Gasteiger partial charge in [-0.05, 0) is 38.8 Å². The lowest BCUT2D eigenvalue weighted by molar-refractivity contribution is 0.266. The minimum Gasteiger partial charge on any atom is -0.312 e. The second-order valence-electron chi connectivity index (χ2n) is 5.56. The van der Waals surface area contributed by atoms with Gasteiger partial charge in [-0.3, -0.25) is 4.68 Å². The number of nitrogens with one attached hydrogen (secondary N) is 1. The first-order chi connectivity index (χ1) is 8.81. The molecular weight excluding hydrogens is 222 g/mol. The molecule has 1 aromatic heterocycles. The quantitative estimate of drug-likeness (QED) is 0.885. The third kappa shape index (κ3) is 3.58. The monoisotopic (exact) mass is 249 g/mol. The summed E-state index contributed by atoms with van der Waals surface area (Å²) in [7, 11) is 0. The normalized spacial score (nSPS) is 25.7. The predicted molar refractivity (Wildman–Crippen MR) is 75.8 cm³/mol. The van der Waals surface area contributed by atoms with Gasteiger partial charge in [0.05, 0.1) is 11.7 Å². The molecule has 2 unspecified atom stereocenters. The van der Waals surface area contributed by atoms with E-state index in [1.165, 1.54) is 44.9 Å². The van der Waals surface area contributed by atoms with Gasteiger partial charge < -0.3 is 5.32 Å². The average molecular weight is 249 g/mol. The molecule has 1 saturated carbocycles. The summed E-state index contributed by atoms with van der Waals surface area (Å²) >= 11 is 0. The first kappa shape index (κ1) is 13.6. The van der Waals surface area contributed by atoms with Crippen molar-refractivity contribution in [3.05, 3.63) is 18.0 Å². The molecule has 1 aliphatic rings. The molecule has 1 aliphatic carbocycles. The fourth-order valence-corrected chi connectivity index (χ4v) is 2.97.